The van der Waals surface area contributed by atoms with E-state index in [1.54, 1.807) is 0 Å². The van der Waals surface area contributed by atoms with Crippen LogP contribution in [0.3, 0.4) is 0 Å². The second kappa shape index (κ2) is 5.08. The van der Waals surface area contributed by atoms with Gasteiger partial charge < -0.3 is 9.80 Å². The van der Waals surface area contributed by atoms with Crippen molar-refractivity contribution in [3.8, 4) is 0 Å². The molecular weight excluding hydrogens is 254 g/mol. The van der Waals surface area contributed by atoms with Crippen molar-refractivity contribution in [3.05, 3.63) is 0 Å². The highest BCUT2D eigenvalue weighted by Gasteiger charge is 2.44. The van der Waals surface area contributed by atoms with Crippen molar-refractivity contribution in [2.24, 2.45) is 4.99 Å². The highest BCUT2D eigenvalue weighted by Crippen LogP contribution is 2.46. The van der Waals surface area contributed by atoms with Crippen LogP contribution in [0.4, 0.5) is 0 Å². The molecule has 0 bridgehead atoms. The standard InChI is InChI=1S/C12H21N3S.ClH/c1-14-7-4-12(5-8-14)13-10-3-6-15(2)9-11(10)16-12;/h11H,3-9H2,1-2H3;1H. The van der Waals surface area contributed by atoms with Crippen LogP contribution in [0, 0.1) is 0 Å². The fraction of sp³-hybridized carbons (Fsp3) is 0.917. The maximum atomic E-state index is 5.10. The molecule has 2 saturated heterocycles. The van der Waals surface area contributed by atoms with Crippen LogP contribution >= 0.6 is 24.2 Å². The predicted octanol–water partition coefficient (Wildman–Crippen LogP) is 1.72. The summed E-state index contributed by atoms with van der Waals surface area (Å²) < 4.78 is 0. The first kappa shape index (κ1) is 13.7. The zero-order valence-corrected chi connectivity index (χ0v) is 12.3. The van der Waals surface area contributed by atoms with Gasteiger partial charge in [-0.05, 0) is 33.4 Å². The zero-order valence-electron chi connectivity index (χ0n) is 10.7. The highest BCUT2D eigenvalue weighted by atomic mass is 35.5. The van der Waals surface area contributed by atoms with Crippen molar-refractivity contribution >= 4 is 29.9 Å². The van der Waals surface area contributed by atoms with Gasteiger partial charge in [-0.2, -0.15) is 0 Å². The molecule has 3 nitrogen and oxygen atoms in total. The molecule has 1 unspecified atom stereocenters. The van der Waals surface area contributed by atoms with Crippen LogP contribution in [-0.4, -0.2) is 65.9 Å². The Balaban J connectivity index is 0.00000108. The van der Waals surface area contributed by atoms with E-state index in [0.717, 1.165) is 0 Å². The minimum absolute atomic E-state index is 0. The van der Waals surface area contributed by atoms with E-state index in [-0.39, 0.29) is 17.3 Å². The molecule has 2 fully saturated rings. The minimum atomic E-state index is 0. The molecule has 98 valence electrons. The second-order valence-corrected chi connectivity index (χ2v) is 7.04. The Bertz CT molecular complexity index is 313. The lowest BCUT2D eigenvalue weighted by molar-refractivity contribution is 0.244. The lowest BCUT2D eigenvalue weighted by Gasteiger charge is -2.35. The molecule has 17 heavy (non-hydrogen) atoms. The van der Waals surface area contributed by atoms with Crippen molar-refractivity contribution in [1.82, 2.24) is 9.80 Å². The molecular formula is C12H22ClN3S. The number of halogens is 1. The molecule has 3 heterocycles. The smallest absolute Gasteiger partial charge is 0.109 e. The van der Waals surface area contributed by atoms with Gasteiger partial charge in [0, 0.05) is 31.9 Å². The van der Waals surface area contributed by atoms with Crippen LogP contribution in [0.5, 0.6) is 0 Å². The Morgan fingerprint density at radius 1 is 1.18 bits per heavy atom. The molecule has 0 aromatic carbocycles. The van der Waals surface area contributed by atoms with Crippen molar-refractivity contribution in [2.75, 3.05) is 40.3 Å². The number of likely N-dealkylation sites (tertiary alicyclic amines) is 2. The largest absolute Gasteiger partial charge is 0.306 e. The lowest BCUT2D eigenvalue weighted by atomic mass is 10.0. The number of thioether (sulfide) groups is 1. The van der Waals surface area contributed by atoms with Gasteiger partial charge in [0.25, 0.3) is 0 Å². The molecule has 3 aliphatic rings. The summed E-state index contributed by atoms with van der Waals surface area (Å²) in [6.07, 6.45) is 3.70. The van der Waals surface area contributed by atoms with E-state index in [1.165, 1.54) is 51.2 Å². The molecule has 0 aromatic rings. The molecule has 0 aliphatic carbocycles. The van der Waals surface area contributed by atoms with Crippen LogP contribution in [-0.2, 0) is 0 Å². The maximum Gasteiger partial charge on any atom is 0.109 e. The number of hydrogen-bond donors (Lipinski definition) is 0. The molecule has 3 rings (SSSR count). The minimum Gasteiger partial charge on any atom is -0.306 e. The molecule has 0 N–H and O–H groups in total. The summed E-state index contributed by atoms with van der Waals surface area (Å²) in [5.41, 5.74) is 1.51. The Labute approximate surface area is 114 Å². The fourth-order valence-electron chi connectivity index (χ4n) is 2.93. The molecule has 3 aliphatic heterocycles. The maximum absolute atomic E-state index is 5.10. The Morgan fingerprint density at radius 3 is 2.59 bits per heavy atom. The normalized spacial score (nSPS) is 33.1. The average Bonchev–Trinajstić information content (AvgIpc) is 2.60. The third-order valence-electron chi connectivity index (χ3n) is 4.08. The summed E-state index contributed by atoms with van der Waals surface area (Å²) >= 11 is 2.15. The van der Waals surface area contributed by atoms with Crippen molar-refractivity contribution in [3.63, 3.8) is 0 Å². The van der Waals surface area contributed by atoms with Crippen LogP contribution in [0.1, 0.15) is 19.3 Å². The fourth-order valence-corrected chi connectivity index (χ4v) is 4.68. The number of fused-ring (bicyclic) bond motifs is 1. The first-order chi connectivity index (χ1) is 7.67. The lowest BCUT2D eigenvalue weighted by Crippen LogP contribution is -2.40. The third kappa shape index (κ3) is 2.65. The molecule has 5 heteroatoms. The number of piperidine rings is 2. The summed E-state index contributed by atoms with van der Waals surface area (Å²) in [6, 6.07) is 0. The van der Waals surface area contributed by atoms with E-state index in [4.69, 9.17) is 4.99 Å². The number of hydrogen-bond acceptors (Lipinski definition) is 4. The molecule has 0 aromatic heterocycles. The van der Waals surface area contributed by atoms with Crippen LogP contribution < -0.4 is 0 Å². The number of nitrogens with zero attached hydrogens (tertiary/aromatic N) is 3. The van der Waals surface area contributed by atoms with E-state index in [9.17, 15) is 0 Å². The van der Waals surface area contributed by atoms with E-state index < -0.39 is 0 Å². The van der Waals surface area contributed by atoms with Gasteiger partial charge >= 0.3 is 0 Å². The van der Waals surface area contributed by atoms with Gasteiger partial charge in [-0.25, -0.2) is 0 Å². The van der Waals surface area contributed by atoms with Gasteiger partial charge in [-0.15, -0.1) is 24.2 Å². The summed E-state index contributed by atoms with van der Waals surface area (Å²) in [7, 11) is 4.46. The van der Waals surface area contributed by atoms with Gasteiger partial charge in [0.2, 0.25) is 0 Å². The molecule has 1 atom stereocenters. The summed E-state index contributed by atoms with van der Waals surface area (Å²) in [5, 5.41) is 0.696. The average molecular weight is 276 g/mol. The molecule has 0 saturated carbocycles. The second-order valence-electron chi connectivity index (χ2n) is 5.47. The van der Waals surface area contributed by atoms with Crippen molar-refractivity contribution < 1.29 is 0 Å². The SMILES string of the molecule is CN1CCC2(CC1)N=C1CCN(C)CC1S2.Cl. The summed E-state index contributed by atoms with van der Waals surface area (Å²) in [4.78, 5) is 10.2. The Morgan fingerprint density at radius 2 is 1.88 bits per heavy atom. The number of aliphatic imine (C=N–C) groups is 1. The molecule has 0 amide bonds. The van der Waals surface area contributed by atoms with E-state index in [0.29, 0.717) is 5.25 Å². The van der Waals surface area contributed by atoms with E-state index in [2.05, 4.69) is 35.7 Å². The van der Waals surface area contributed by atoms with Gasteiger partial charge in [0.05, 0.1) is 5.25 Å². The van der Waals surface area contributed by atoms with Gasteiger partial charge in [0.1, 0.15) is 4.87 Å². The van der Waals surface area contributed by atoms with E-state index in [1.807, 2.05) is 0 Å². The van der Waals surface area contributed by atoms with Crippen molar-refractivity contribution in [1.29, 1.82) is 0 Å². The first-order valence-electron chi connectivity index (χ1n) is 6.30. The van der Waals surface area contributed by atoms with Crippen LogP contribution in [0.2, 0.25) is 0 Å². The van der Waals surface area contributed by atoms with Gasteiger partial charge in [0.15, 0.2) is 0 Å². The third-order valence-corrected chi connectivity index (χ3v) is 5.72. The van der Waals surface area contributed by atoms with Crippen LogP contribution in [0.15, 0.2) is 4.99 Å². The number of rotatable bonds is 0. The Hall–Kier alpha value is 0.230. The zero-order chi connectivity index (χ0) is 11.2. The Kier molecular flexibility index (Phi) is 4.08. The van der Waals surface area contributed by atoms with Crippen LogP contribution in [0.25, 0.3) is 0 Å². The van der Waals surface area contributed by atoms with E-state index >= 15 is 0 Å². The summed E-state index contributed by atoms with van der Waals surface area (Å²) in [5.74, 6) is 0. The quantitative estimate of drug-likeness (QED) is 0.671. The monoisotopic (exact) mass is 275 g/mol. The summed E-state index contributed by atoms with van der Waals surface area (Å²) in [6.45, 7) is 4.84. The van der Waals surface area contributed by atoms with Crippen molar-refractivity contribution in [2.45, 2.75) is 29.4 Å². The highest BCUT2D eigenvalue weighted by molar-refractivity contribution is 8.02. The van der Waals surface area contributed by atoms with Gasteiger partial charge in [-0.3, -0.25) is 4.99 Å². The predicted molar refractivity (Wildman–Crippen MR) is 77.6 cm³/mol. The topological polar surface area (TPSA) is 18.8 Å². The van der Waals surface area contributed by atoms with Gasteiger partial charge in [-0.1, -0.05) is 0 Å². The first-order valence-corrected chi connectivity index (χ1v) is 7.18. The molecule has 1 spiro atoms. The molecule has 0 radical (unpaired) electrons.